The molecule has 0 saturated heterocycles. The second-order valence-corrected chi connectivity index (χ2v) is 17.4. The van der Waals surface area contributed by atoms with Crippen LogP contribution in [0.2, 0.25) is 0 Å². The lowest BCUT2D eigenvalue weighted by Gasteiger charge is -2.18. The summed E-state index contributed by atoms with van der Waals surface area (Å²) in [5.74, 6) is -1.10. The molecule has 0 unspecified atom stereocenters. The summed E-state index contributed by atoms with van der Waals surface area (Å²) in [5.41, 5.74) is 0. The molecule has 0 aliphatic heterocycles. The van der Waals surface area contributed by atoms with E-state index in [0.29, 0.717) is 19.3 Å². The molecular weight excluding hydrogens is 853 g/mol. The zero-order valence-electron chi connectivity index (χ0n) is 44.0. The lowest BCUT2D eigenvalue weighted by molar-refractivity contribution is -0.166. The predicted octanol–water partition coefficient (Wildman–Crippen LogP) is 18.4. The van der Waals surface area contributed by atoms with Crippen LogP contribution < -0.4 is 0 Å². The molecule has 386 valence electrons. The molecule has 0 amide bonds. The van der Waals surface area contributed by atoms with Gasteiger partial charge in [-0.25, -0.2) is 0 Å². The lowest BCUT2D eigenvalue weighted by atomic mass is 10.1. The van der Waals surface area contributed by atoms with Crippen molar-refractivity contribution in [2.24, 2.45) is 0 Å². The molecule has 0 heterocycles. The second kappa shape index (κ2) is 55.9. The molecule has 0 spiro atoms. The second-order valence-electron chi connectivity index (χ2n) is 17.4. The molecule has 0 aromatic carbocycles. The molecular formula is C63H98O6. The Hall–Kier alpha value is -4.71. The van der Waals surface area contributed by atoms with Crippen LogP contribution >= 0.6 is 0 Å². The third-order valence-electron chi connectivity index (χ3n) is 10.8. The highest BCUT2D eigenvalue weighted by Gasteiger charge is 2.19. The predicted molar refractivity (Wildman–Crippen MR) is 297 cm³/mol. The van der Waals surface area contributed by atoms with Crippen LogP contribution in [-0.4, -0.2) is 37.2 Å². The number of ether oxygens (including phenoxy) is 3. The van der Waals surface area contributed by atoms with E-state index in [1.165, 1.54) is 51.4 Å². The average Bonchev–Trinajstić information content (AvgIpc) is 3.35. The maximum Gasteiger partial charge on any atom is 0.306 e. The minimum Gasteiger partial charge on any atom is -0.462 e. The summed E-state index contributed by atoms with van der Waals surface area (Å²) < 4.78 is 16.7. The highest BCUT2D eigenvalue weighted by Crippen LogP contribution is 2.11. The number of esters is 3. The molecule has 0 rings (SSSR count). The third kappa shape index (κ3) is 54.1. The molecule has 0 aromatic heterocycles. The van der Waals surface area contributed by atoms with Crippen molar-refractivity contribution in [1.82, 2.24) is 0 Å². The maximum atomic E-state index is 12.8. The van der Waals surface area contributed by atoms with Crippen LogP contribution in [0.25, 0.3) is 0 Å². The van der Waals surface area contributed by atoms with Gasteiger partial charge in [-0.2, -0.15) is 0 Å². The van der Waals surface area contributed by atoms with Crippen molar-refractivity contribution in [2.75, 3.05) is 13.2 Å². The standard InChI is InChI=1S/C63H98O6/c1-4-7-10-13-16-19-22-25-28-30-31-33-35-38-41-44-47-50-53-56-62(65)68-59-60(58-67-61(64)55-52-49-46-43-40-37-34-27-24-21-18-15-12-9-6-3)69-63(66)57-54-51-48-45-42-39-36-32-29-26-23-20-17-14-11-8-5-2/h7,10,16-21,25-29,31,33-34,36,38-39,41,45,47-48,50,60H,4-6,8-9,11-15,22-24,30,32,35,37,40,42-44,46,49,51-59H2,1-3H3/b10-7-,19-16-,20-17-,21-18-,28-25-,29-26-,33-31-,34-27-,39-36-,41-38-,48-45-,50-47-/t60-/m1/s1. The number of carbonyl (C=O) groups excluding carboxylic acids is 3. The quantitative estimate of drug-likeness (QED) is 0.0262. The van der Waals surface area contributed by atoms with Crippen LogP contribution in [0.1, 0.15) is 213 Å². The lowest BCUT2D eigenvalue weighted by Crippen LogP contribution is -2.30. The number of unbranched alkanes of at least 4 members (excludes halogenated alkanes) is 12. The molecule has 6 heteroatoms. The molecule has 0 aromatic rings. The molecule has 6 nitrogen and oxygen atoms in total. The van der Waals surface area contributed by atoms with E-state index >= 15 is 0 Å². The Kier molecular flexibility index (Phi) is 52.1. The van der Waals surface area contributed by atoms with Crippen molar-refractivity contribution >= 4 is 17.9 Å². The van der Waals surface area contributed by atoms with Crippen LogP contribution in [0.4, 0.5) is 0 Å². The monoisotopic (exact) mass is 951 g/mol. The van der Waals surface area contributed by atoms with Crippen molar-refractivity contribution in [3.8, 4) is 0 Å². The van der Waals surface area contributed by atoms with Gasteiger partial charge in [-0.15, -0.1) is 0 Å². The summed E-state index contributed by atoms with van der Waals surface area (Å²) >= 11 is 0. The minimum atomic E-state index is -0.850. The molecule has 0 radical (unpaired) electrons. The summed E-state index contributed by atoms with van der Waals surface area (Å²) in [5, 5.41) is 0. The molecule has 1 atom stereocenters. The smallest absolute Gasteiger partial charge is 0.306 e. The molecule has 0 N–H and O–H groups in total. The number of allylic oxidation sites excluding steroid dienone is 24. The molecule has 0 aliphatic carbocycles. The fourth-order valence-corrected chi connectivity index (χ4v) is 6.72. The Labute approximate surface area is 423 Å². The number of rotatable bonds is 47. The Morgan fingerprint density at radius 2 is 0.609 bits per heavy atom. The number of hydrogen-bond acceptors (Lipinski definition) is 6. The van der Waals surface area contributed by atoms with Crippen LogP contribution in [-0.2, 0) is 28.6 Å². The van der Waals surface area contributed by atoms with E-state index in [1.54, 1.807) is 0 Å². The van der Waals surface area contributed by atoms with Gasteiger partial charge in [0.05, 0.1) is 0 Å². The van der Waals surface area contributed by atoms with Crippen molar-refractivity contribution in [1.29, 1.82) is 0 Å². The zero-order valence-corrected chi connectivity index (χ0v) is 44.0. The van der Waals surface area contributed by atoms with Crippen LogP contribution in [0.5, 0.6) is 0 Å². The number of hydrogen-bond donors (Lipinski definition) is 0. The third-order valence-corrected chi connectivity index (χ3v) is 10.8. The zero-order chi connectivity index (χ0) is 50.0. The normalized spacial score (nSPS) is 13.3. The van der Waals surface area contributed by atoms with E-state index in [0.717, 1.165) is 109 Å². The van der Waals surface area contributed by atoms with Crippen LogP contribution in [0.3, 0.4) is 0 Å². The van der Waals surface area contributed by atoms with Gasteiger partial charge in [0.1, 0.15) is 13.2 Å². The molecule has 0 saturated carbocycles. The Morgan fingerprint density at radius 1 is 0.304 bits per heavy atom. The van der Waals surface area contributed by atoms with E-state index in [9.17, 15) is 14.4 Å². The van der Waals surface area contributed by atoms with Crippen molar-refractivity contribution in [3.05, 3.63) is 146 Å². The van der Waals surface area contributed by atoms with Gasteiger partial charge in [0.25, 0.3) is 0 Å². The Balaban J connectivity index is 4.64. The van der Waals surface area contributed by atoms with E-state index < -0.39 is 12.1 Å². The van der Waals surface area contributed by atoms with Crippen molar-refractivity contribution in [3.63, 3.8) is 0 Å². The van der Waals surface area contributed by atoms with Crippen LogP contribution in [0, 0.1) is 0 Å². The van der Waals surface area contributed by atoms with Gasteiger partial charge in [-0.05, 0) is 128 Å². The fraction of sp³-hybridized carbons (Fsp3) is 0.571. The number of carbonyl (C=O) groups is 3. The highest BCUT2D eigenvalue weighted by atomic mass is 16.6. The summed E-state index contributed by atoms with van der Waals surface area (Å²) in [6.45, 7) is 6.33. The summed E-state index contributed by atoms with van der Waals surface area (Å²) in [6, 6.07) is 0. The average molecular weight is 951 g/mol. The maximum absolute atomic E-state index is 12.8. The first-order valence-electron chi connectivity index (χ1n) is 27.3. The first-order chi connectivity index (χ1) is 34.0. The molecule has 69 heavy (non-hydrogen) atoms. The Bertz CT molecular complexity index is 1560. The van der Waals surface area contributed by atoms with Gasteiger partial charge in [-0.1, -0.05) is 212 Å². The minimum absolute atomic E-state index is 0.136. The first kappa shape index (κ1) is 64.3. The molecule has 0 aliphatic rings. The largest absolute Gasteiger partial charge is 0.462 e. The SMILES string of the molecule is CC/C=C\C/C=C\C/C=C\C/C=C\C/C=C\C/C=C\CCC(=O)OC[C@@H](COC(=O)CCCCCCC/C=C\C/C=C\CCCCC)OC(=O)CCC/C=C\C/C=C\C/C=C\C/C=C\CCCCC. The summed E-state index contributed by atoms with van der Waals surface area (Å²) in [6.07, 6.45) is 79.9. The van der Waals surface area contributed by atoms with Gasteiger partial charge in [-0.3, -0.25) is 14.4 Å². The molecule has 0 bridgehead atoms. The van der Waals surface area contributed by atoms with Gasteiger partial charge < -0.3 is 14.2 Å². The van der Waals surface area contributed by atoms with E-state index in [1.807, 2.05) is 12.2 Å². The van der Waals surface area contributed by atoms with Gasteiger partial charge in [0.2, 0.25) is 0 Å². The van der Waals surface area contributed by atoms with Gasteiger partial charge in [0, 0.05) is 19.3 Å². The van der Waals surface area contributed by atoms with E-state index in [2.05, 4.69) is 154 Å². The van der Waals surface area contributed by atoms with Gasteiger partial charge >= 0.3 is 17.9 Å². The van der Waals surface area contributed by atoms with Crippen LogP contribution in [0.15, 0.2) is 146 Å². The molecule has 0 fully saturated rings. The van der Waals surface area contributed by atoms with Crippen molar-refractivity contribution in [2.45, 2.75) is 219 Å². The van der Waals surface area contributed by atoms with Crippen molar-refractivity contribution < 1.29 is 28.6 Å². The first-order valence-corrected chi connectivity index (χ1v) is 27.3. The summed E-state index contributed by atoms with van der Waals surface area (Å²) in [7, 11) is 0. The summed E-state index contributed by atoms with van der Waals surface area (Å²) in [4.78, 5) is 38.0. The van der Waals surface area contributed by atoms with Gasteiger partial charge in [0.15, 0.2) is 6.10 Å². The fourth-order valence-electron chi connectivity index (χ4n) is 6.72. The Morgan fingerprint density at radius 3 is 1.01 bits per heavy atom. The topological polar surface area (TPSA) is 78.9 Å². The van der Waals surface area contributed by atoms with E-state index in [-0.39, 0.29) is 38.0 Å². The highest BCUT2D eigenvalue weighted by molar-refractivity contribution is 5.71. The van der Waals surface area contributed by atoms with E-state index in [4.69, 9.17) is 14.2 Å².